The van der Waals surface area contributed by atoms with Gasteiger partial charge in [-0.1, -0.05) is 13.0 Å². The molecule has 25 heavy (non-hydrogen) atoms. The van der Waals surface area contributed by atoms with Crippen molar-refractivity contribution in [2.24, 2.45) is 0 Å². The Labute approximate surface area is 150 Å². The zero-order valence-corrected chi connectivity index (χ0v) is 15.3. The molecule has 2 aromatic rings. The van der Waals surface area contributed by atoms with Gasteiger partial charge < -0.3 is 14.8 Å². The van der Waals surface area contributed by atoms with Gasteiger partial charge in [0.25, 0.3) is 0 Å². The van der Waals surface area contributed by atoms with Gasteiger partial charge in [0.15, 0.2) is 0 Å². The van der Waals surface area contributed by atoms with Crippen LogP contribution < -0.4 is 10.1 Å². The average Bonchev–Trinajstić information content (AvgIpc) is 3.14. The van der Waals surface area contributed by atoms with Crippen molar-refractivity contribution in [2.75, 3.05) is 45.2 Å². The van der Waals surface area contributed by atoms with Crippen LogP contribution in [-0.2, 0) is 4.74 Å². The fourth-order valence-electron chi connectivity index (χ4n) is 3.45. The van der Waals surface area contributed by atoms with Gasteiger partial charge >= 0.3 is 0 Å². The number of aromatic nitrogens is 1. The van der Waals surface area contributed by atoms with Crippen molar-refractivity contribution in [3.8, 4) is 5.75 Å². The minimum absolute atomic E-state index is 0.408. The van der Waals surface area contributed by atoms with E-state index in [1.807, 2.05) is 24.4 Å². The Balaban J connectivity index is 1.62. The number of hydrogen-bond acceptors (Lipinski definition) is 5. The first kappa shape index (κ1) is 18.0. The van der Waals surface area contributed by atoms with Crippen LogP contribution in [0.25, 0.3) is 10.9 Å². The van der Waals surface area contributed by atoms with Crippen molar-refractivity contribution in [2.45, 2.75) is 32.3 Å². The second-order valence-electron chi connectivity index (χ2n) is 6.61. The Bertz CT molecular complexity index is 671. The lowest BCUT2D eigenvalue weighted by molar-refractivity contribution is 0.0744. The minimum Gasteiger partial charge on any atom is -0.497 e. The maximum atomic E-state index is 5.79. The molecule has 1 aliphatic heterocycles. The molecule has 1 saturated heterocycles. The first-order chi connectivity index (χ1) is 12.3. The van der Waals surface area contributed by atoms with Gasteiger partial charge in [-0.05, 0) is 37.9 Å². The lowest BCUT2D eigenvalue weighted by Crippen LogP contribution is -2.36. The molecule has 1 aliphatic rings. The molecule has 1 aromatic carbocycles. The van der Waals surface area contributed by atoms with E-state index in [0.29, 0.717) is 6.10 Å². The maximum absolute atomic E-state index is 5.79. The van der Waals surface area contributed by atoms with Crippen LogP contribution in [0.3, 0.4) is 0 Å². The topological polar surface area (TPSA) is 46.6 Å². The summed E-state index contributed by atoms with van der Waals surface area (Å²) in [6.07, 6.45) is 5.80. The van der Waals surface area contributed by atoms with E-state index in [0.717, 1.165) is 61.5 Å². The molecule has 1 atom stereocenters. The normalized spacial score (nSPS) is 17.3. The number of nitrogens with zero attached hydrogens (tertiary/aromatic N) is 2. The molecule has 1 aromatic heterocycles. The molecule has 0 spiro atoms. The van der Waals surface area contributed by atoms with Gasteiger partial charge in [-0.3, -0.25) is 9.88 Å². The fourth-order valence-corrected chi connectivity index (χ4v) is 3.45. The lowest BCUT2D eigenvalue weighted by atomic mass is 10.1. The summed E-state index contributed by atoms with van der Waals surface area (Å²) < 4.78 is 11.2. The maximum Gasteiger partial charge on any atom is 0.121 e. The summed E-state index contributed by atoms with van der Waals surface area (Å²) in [4.78, 5) is 7.02. The van der Waals surface area contributed by atoms with E-state index in [1.165, 1.54) is 12.8 Å². The van der Waals surface area contributed by atoms with Crippen molar-refractivity contribution in [1.82, 2.24) is 9.88 Å². The smallest absolute Gasteiger partial charge is 0.121 e. The number of anilines is 1. The predicted molar refractivity (Wildman–Crippen MR) is 102 cm³/mol. The van der Waals surface area contributed by atoms with Crippen LogP contribution in [0, 0.1) is 0 Å². The summed E-state index contributed by atoms with van der Waals surface area (Å²) in [6.45, 7) is 7.18. The van der Waals surface area contributed by atoms with Crippen molar-refractivity contribution in [3.63, 3.8) is 0 Å². The highest BCUT2D eigenvalue weighted by Gasteiger charge is 2.18. The Kier molecular flexibility index (Phi) is 6.48. The summed E-state index contributed by atoms with van der Waals surface area (Å²) in [5, 5.41) is 4.64. The minimum atomic E-state index is 0.408. The van der Waals surface area contributed by atoms with Crippen LogP contribution >= 0.6 is 0 Å². The summed E-state index contributed by atoms with van der Waals surface area (Å²) in [5.74, 6) is 0.854. The first-order valence-electron chi connectivity index (χ1n) is 9.30. The predicted octanol–water partition coefficient (Wildman–Crippen LogP) is 3.55. The molecule has 1 unspecified atom stereocenters. The second kappa shape index (κ2) is 9.02. The monoisotopic (exact) mass is 343 g/mol. The molecule has 5 heteroatoms. The molecular weight excluding hydrogens is 314 g/mol. The van der Waals surface area contributed by atoms with E-state index < -0.39 is 0 Å². The SMILES string of the molecule is CCCN(CCNc1cc(OC)cc2cccnc12)CC1CCCO1. The van der Waals surface area contributed by atoms with Crippen molar-refractivity contribution in [3.05, 3.63) is 30.5 Å². The second-order valence-corrected chi connectivity index (χ2v) is 6.61. The lowest BCUT2D eigenvalue weighted by Gasteiger charge is -2.25. The highest BCUT2D eigenvalue weighted by Crippen LogP contribution is 2.27. The van der Waals surface area contributed by atoms with Crippen molar-refractivity contribution >= 4 is 16.6 Å². The number of pyridine rings is 1. The number of methoxy groups -OCH3 is 1. The van der Waals surface area contributed by atoms with Gasteiger partial charge in [0.1, 0.15) is 5.75 Å². The van der Waals surface area contributed by atoms with E-state index in [9.17, 15) is 0 Å². The Morgan fingerprint density at radius 1 is 1.36 bits per heavy atom. The molecule has 0 amide bonds. The number of benzene rings is 1. The summed E-state index contributed by atoms with van der Waals surface area (Å²) in [6, 6.07) is 8.07. The number of fused-ring (bicyclic) bond motifs is 1. The van der Waals surface area contributed by atoms with E-state index in [-0.39, 0.29) is 0 Å². The van der Waals surface area contributed by atoms with Crippen molar-refractivity contribution < 1.29 is 9.47 Å². The summed E-state index contributed by atoms with van der Waals surface area (Å²) in [5.41, 5.74) is 2.02. The summed E-state index contributed by atoms with van der Waals surface area (Å²) in [7, 11) is 1.70. The molecule has 0 aliphatic carbocycles. The van der Waals surface area contributed by atoms with Crippen LogP contribution in [0.15, 0.2) is 30.5 Å². The molecule has 1 fully saturated rings. The summed E-state index contributed by atoms with van der Waals surface area (Å²) >= 11 is 0. The van der Waals surface area contributed by atoms with Crippen LogP contribution in [0.5, 0.6) is 5.75 Å². The van der Waals surface area contributed by atoms with Gasteiger partial charge in [-0.25, -0.2) is 0 Å². The zero-order chi connectivity index (χ0) is 17.5. The average molecular weight is 343 g/mol. The third-order valence-electron chi connectivity index (χ3n) is 4.68. The van der Waals surface area contributed by atoms with E-state index in [4.69, 9.17) is 9.47 Å². The van der Waals surface area contributed by atoms with Crippen LogP contribution in [0.1, 0.15) is 26.2 Å². The van der Waals surface area contributed by atoms with E-state index in [1.54, 1.807) is 7.11 Å². The number of hydrogen-bond donors (Lipinski definition) is 1. The molecule has 2 heterocycles. The van der Waals surface area contributed by atoms with Crippen LogP contribution in [0.2, 0.25) is 0 Å². The van der Waals surface area contributed by atoms with Gasteiger partial charge in [0.2, 0.25) is 0 Å². The highest BCUT2D eigenvalue weighted by molar-refractivity contribution is 5.91. The molecule has 0 bridgehead atoms. The fraction of sp³-hybridized carbons (Fsp3) is 0.550. The molecule has 136 valence electrons. The molecule has 0 radical (unpaired) electrons. The molecular formula is C20H29N3O2. The Morgan fingerprint density at radius 2 is 2.28 bits per heavy atom. The van der Waals surface area contributed by atoms with E-state index in [2.05, 4.69) is 28.2 Å². The Hall–Kier alpha value is -1.85. The third-order valence-corrected chi connectivity index (χ3v) is 4.68. The zero-order valence-electron chi connectivity index (χ0n) is 15.3. The standard InChI is InChI=1S/C20H29N3O2/c1-3-10-23(15-17-7-5-12-25-17)11-9-21-19-14-18(24-2)13-16-6-4-8-22-20(16)19/h4,6,8,13-14,17,21H,3,5,7,9-12,15H2,1-2H3. The van der Waals surface area contributed by atoms with Gasteiger partial charge in [0, 0.05) is 43.9 Å². The quantitative estimate of drug-likeness (QED) is 0.754. The molecule has 3 rings (SSSR count). The highest BCUT2D eigenvalue weighted by atomic mass is 16.5. The van der Waals surface area contributed by atoms with Gasteiger partial charge in [0.05, 0.1) is 24.4 Å². The third kappa shape index (κ3) is 4.83. The van der Waals surface area contributed by atoms with Crippen LogP contribution in [-0.4, -0.2) is 55.9 Å². The number of ether oxygens (including phenoxy) is 2. The molecule has 1 N–H and O–H groups in total. The van der Waals surface area contributed by atoms with Gasteiger partial charge in [-0.2, -0.15) is 0 Å². The Morgan fingerprint density at radius 3 is 3.04 bits per heavy atom. The van der Waals surface area contributed by atoms with Crippen molar-refractivity contribution in [1.29, 1.82) is 0 Å². The molecule has 5 nitrogen and oxygen atoms in total. The number of rotatable bonds is 9. The largest absolute Gasteiger partial charge is 0.497 e. The van der Waals surface area contributed by atoms with Crippen LogP contribution in [0.4, 0.5) is 5.69 Å². The number of nitrogens with one attached hydrogen (secondary N) is 1. The van der Waals surface area contributed by atoms with E-state index >= 15 is 0 Å². The first-order valence-corrected chi connectivity index (χ1v) is 9.30. The molecule has 0 saturated carbocycles. The van der Waals surface area contributed by atoms with Gasteiger partial charge in [-0.15, -0.1) is 0 Å².